The molecule has 1 aromatic carbocycles. The third kappa shape index (κ3) is 6.36. The third-order valence-corrected chi connectivity index (χ3v) is 10.1. The van der Waals surface area contributed by atoms with Crippen LogP contribution >= 0.6 is 11.8 Å². The Hall–Kier alpha value is -2.77. The van der Waals surface area contributed by atoms with Gasteiger partial charge in [-0.1, -0.05) is 29.8 Å². The number of hydrogen-bond acceptors (Lipinski definition) is 4. The Balaban J connectivity index is 1.28. The van der Waals surface area contributed by atoms with Crippen LogP contribution in [0.2, 0.25) is 0 Å². The number of pyridine rings is 1. The Kier molecular flexibility index (Phi) is 9.15. The van der Waals surface area contributed by atoms with E-state index in [0.29, 0.717) is 35.2 Å². The van der Waals surface area contributed by atoms with E-state index in [1.54, 1.807) is 0 Å². The lowest BCUT2D eigenvalue weighted by Gasteiger charge is -2.40. The Morgan fingerprint density at radius 1 is 1.12 bits per heavy atom. The average Bonchev–Trinajstić information content (AvgIpc) is 3.22. The number of benzene rings is 1. The van der Waals surface area contributed by atoms with Crippen LogP contribution in [0.1, 0.15) is 92.6 Å². The lowest BCUT2D eigenvalue weighted by Crippen LogP contribution is -2.47. The van der Waals surface area contributed by atoms with Crippen molar-refractivity contribution >= 4 is 28.6 Å². The number of carbonyl (C=O) groups excluding carboxylic acids is 1. The van der Waals surface area contributed by atoms with Crippen LogP contribution in [-0.2, 0) is 6.54 Å². The molecule has 5 rings (SSSR count). The Labute approximate surface area is 248 Å². The highest BCUT2D eigenvalue weighted by Gasteiger charge is 2.33. The second-order valence-electron chi connectivity index (χ2n) is 12.6. The summed E-state index contributed by atoms with van der Waals surface area (Å²) in [5.41, 5.74) is 5.54. The lowest BCUT2D eigenvalue weighted by atomic mass is 9.77. The summed E-state index contributed by atoms with van der Waals surface area (Å²) in [6.45, 7) is 10.9. The maximum atomic E-state index is 13.6. The fraction of sp³-hybridized carbons (Fsp3) is 0.529. The lowest BCUT2D eigenvalue weighted by molar-refractivity contribution is 0.0951. The number of amides is 1. The number of allylic oxidation sites excluding steroid dienone is 2. The molecule has 0 bridgehead atoms. The molecule has 0 radical (unpaired) electrons. The molecular weight excluding hydrogens is 528 g/mol. The zero-order valence-electron chi connectivity index (χ0n) is 25.5. The monoisotopic (exact) mass is 574 g/mol. The van der Waals surface area contributed by atoms with E-state index in [1.165, 1.54) is 55.9 Å². The summed E-state index contributed by atoms with van der Waals surface area (Å²) in [4.78, 5) is 30.1. The zero-order chi connectivity index (χ0) is 29.3. The summed E-state index contributed by atoms with van der Waals surface area (Å²) < 4.78 is 2.39. The molecule has 7 heteroatoms. The van der Waals surface area contributed by atoms with E-state index in [4.69, 9.17) is 0 Å². The Bertz CT molecular complexity index is 1480. The van der Waals surface area contributed by atoms with Crippen molar-refractivity contribution in [2.75, 3.05) is 6.26 Å². The van der Waals surface area contributed by atoms with Crippen LogP contribution in [0.25, 0.3) is 10.9 Å². The minimum Gasteiger partial charge on any atom is -0.348 e. The summed E-state index contributed by atoms with van der Waals surface area (Å²) in [5.74, 6) is 1.21. The van der Waals surface area contributed by atoms with Gasteiger partial charge in [0.15, 0.2) is 0 Å². The molecule has 2 aliphatic carbocycles. The van der Waals surface area contributed by atoms with E-state index < -0.39 is 0 Å². The van der Waals surface area contributed by atoms with Crippen LogP contribution < -0.4 is 16.2 Å². The van der Waals surface area contributed by atoms with Crippen LogP contribution in [0.3, 0.4) is 0 Å². The van der Waals surface area contributed by atoms with Crippen molar-refractivity contribution in [3.8, 4) is 0 Å². The highest BCUT2D eigenvalue weighted by molar-refractivity contribution is 7.98. The van der Waals surface area contributed by atoms with Crippen molar-refractivity contribution < 1.29 is 4.79 Å². The van der Waals surface area contributed by atoms with Crippen molar-refractivity contribution in [2.45, 2.75) is 103 Å². The minimum atomic E-state index is -0.141. The molecule has 41 heavy (non-hydrogen) atoms. The first-order valence-electron chi connectivity index (χ1n) is 15.2. The van der Waals surface area contributed by atoms with Crippen LogP contribution in [0.5, 0.6) is 0 Å². The molecule has 0 saturated heterocycles. The molecule has 0 aliphatic heterocycles. The van der Waals surface area contributed by atoms with Crippen molar-refractivity contribution in [1.82, 2.24) is 20.2 Å². The number of aryl methyl sites for hydroxylation is 1. The first kappa shape index (κ1) is 29.7. The molecule has 1 amide bonds. The highest BCUT2D eigenvalue weighted by atomic mass is 32.2. The van der Waals surface area contributed by atoms with Gasteiger partial charge in [0.2, 0.25) is 0 Å². The molecule has 0 unspecified atom stereocenters. The molecule has 3 N–H and O–H groups in total. The van der Waals surface area contributed by atoms with E-state index in [-0.39, 0.29) is 18.0 Å². The fourth-order valence-corrected chi connectivity index (χ4v) is 7.92. The first-order chi connectivity index (χ1) is 19.7. The molecule has 2 fully saturated rings. The van der Waals surface area contributed by atoms with E-state index >= 15 is 0 Å². The van der Waals surface area contributed by atoms with Crippen LogP contribution in [0.15, 0.2) is 51.7 Å². The van der Waals surface area contributed by atoms with E-state index in [1.807, 2.05) is 25.3 Å². The zero-order valence-corrected chi connectivity index (χ0v) is 26.3. The second-order valence-corrected chi connectivity index (χ2v) is 13.4. The average molecular weight is 575 g/mol. The number of H-pyrrole nitrogens is 1. The molecule has 2 aromatic heterocycles. The maximum absolute atomic E-state index is 13.6. The van der Waals surface area contributed by atoms with Crippen molar-refractivity contribution in [3.63, 3.8) is 0 Å². The molecule has 3 aromatic rings. The number of para-hydroxylation sites is 1. The van der Waals surface area contributed by atoms with Gasteiger partial charge in [-0.05, 0) is 103 Å². The number of nitrogens with one attached hydrogen (secondary N) is 3. The van der Waals surface area contributed by atoms with Gasteiger partial charge in [-0.25, -0.2) is 0 Å². The minimum absolute atomic E-state index is 0.128. The van der Waals surface area contributed by atoms with Gasteiger partial charge in [-0.3, -0.25) is 9.59 Å². The predicted molar refractivity (Wildman–Crippen MR) is 171 cm³/mol. The number of fused-ring (bicyclic) bond motifs is 1. The van der Waals surface area contributed by atoms with Gasteiger partial charge in [0.05, 0.1) is 5.56 Å². The molecule has 1 atom stereocenters. The molecule has 2 aliphatic rings. The summed E-state index contributed by atoms with van der Waals surface area (Å²) in [6.07, 6.45) is 11.8. The number of carbonyl (C=O) groups is 1. The second kappa shape index (κ2) is 12.6. The maximum Gasteiger partial charge on any atom is 0.254 e. The number of nitrogens with zero attached hydrogens (tertiary/aromatic N) is 1. The number of aromatic nitrogens is 2. The van der Waals surface area contributed by atoms with Crippen molar-refractivity contribution in [1.29, 1.82) is 0 Å². The molecule has 2 saturated carbocycles. The van der Waals surface area contributed by atoms with Gasteiger partial charge < -0.3 is 20.2 Å². The molecule has 6 nitrogen and oxygen atoms in total. The van der Waals surface area contributed by atoms with E-state index in [0.717, 1.165) is 33.1 Å². The number of rotatable bonds is 9. The standard InChI is InChI=1S/C34H46N4O2S/c1-20(2)15-24-17-27(18-24)37-26-13-11-25(12-14-26)22(4)38-23(5)32(28-9-7-8-10-30(28)38)34(40)35-19-29-31(41-6)16-21(3)36-33(29)39/h7-10,15-16,22,24-27,37H,11-14,17-19H2,1-6H3,(H,35,40)(H,36,39)/t22-,24?,25?,26?,27?/m1/s1. The molecule has 2 heterocycles. The van der Waals surface area contributed by atoms with Gasteiger partial charge in [-0.15, -0.1) is 11.8 Å². The number of thioether (sulfide) groups is 1. The van der Waals surface area contributed by atoms with Gasteiger partial charge in [0, 0.05) is 57.4 Å². The number of aromatic amines is 1. The summed E-state index contributed by atoms with van der Waals surface area (Å²) in [7, 11) is 0. The summed E-state index contributed by atoms with van der Waals surface area (Å²) in [5, 5.41) is 7.99. The van der Waals surface area contributed by atoms with E-state index in [2.05, 4.69) is 72.2 Å². The van der Waals surface area contributed by atoms with Gasteiger partial charge in [0.1, 0.15) is 0 Å². The topological polar surface area (TPSA) is 78.9 Å². The number of hydrogen-bond donors (Lipinski definition) is 3. The smallest absolute Gasteiger partial charge is 0.254 e. The fourth-order valence-electron chi connectivity index (χ4n) is 7.21. The Morgan fingerprint density at radius 3 is 2.51 bits per heavy atom. The van der Waals surface area contributed by atoms with Gasteiger partial charge in [-0.2, -0.15) is 0 Å². The van der Waals surface area contributed by atoms with Gasteiger partial charge in [0.25, 0.3) is 11.5 Å². The van der Waals surface area contributed by atoms with E-state index in [9.17, 15) is 9.59 Å². The van der Waals surface area contributed by atoms with Gasteiger partial charge >= 0.3 is 0 Å². The predicted octanol–water partition coefficient (Wildman–Crippen LogP) is 7.05. The largest absolute Gasteiger partial charge is 0.348 e. The third-order valence-electron chi connectivity index (χ3n) is 9.33. The summed E-state index contributed by atoms with van der Waals surface area (Å²) in [6, 6.07) is 11.8. The SMILES string of the molecule is CSc1cc(C)[nH]c(=O)c1CNC(=O)c1c(C)n([C@H](C)C2CCC(NC3CC(C=C(C)C)C3)CC2)c2ccccc12. The normalized spacial score (nSPS) is 23.2. The van der Waals surface area contributed by atoms with Crippen LogP contribution in [-0.4, -0.2) is 33.8 Å². The Morgan fingerprint density at radius 2 is 1.83 bits per heavy atom. The van der Waals surface area contributed by atoms with Crippen LogP contribution in [0.4, 0.5) is 0 Å². The first-order valence-corrected chi connectivity index (χ1v) is 16.4. The quantitative estimate of drug-likeness (QED) is 0.189. The van der Waals surface area contributed by atoms with Crippen molar-refractivity contribution in [3.05, 3.63) is 74.8 Å². The van der Waals surface area contributed by atoms with Crippen molar-refractivity contribution in [2.24, 2.45) is 11.8 Å². The molecule has 220 valence electrons. The molecular formula is C34H46N4O2S. The summed E-state index contributed by atoms with van der Waals surface area (Å²) >= 11 is 1.53. The highest BCUT2D eigenvalue weighted by Crippen LogP contribution is 2.39. The molecule has 0 spiro atoms. The van der Waals surface area contributed by atoms with Crippen LogP contribution in [0, 0.1) is 25.7 Å².